The summed E-state index contributed by atoms with van der Waals surface area (Å²) in [5, 5.41) is 0. The fraction of sp³-hybridized carbons (Fsp3) is 0.875. The van der Waals surface area contributed by atoms with Crippen LogP contribution in [0.5, 0.6) is 0 Å². The molecule has 4 nitrogen and oxygen atoms in total. The van der Waals surface area contributed by atoms with Crippen LogP contribution in [0, 0.1) is 17.3 Å². The van der Waals surface area contributed by atoms with Crippen molar-refractivity contribution in [2.75, 3.05) is 13.2 Å². The van der Waals surface area contributed by atoms with Crippen LogP contribution in [-0.2, 0) is 19.1 Å². The maximum Gasteiger partial charge on any atom is 0.465 e. The second-order valence-electron chi connectivity index (χ2n) is 7.44. The first-order valence-corrected chi connectivity index (χ1v) is 8.49. The number of carbonyl (C=O) groups is 2. The van der Waals surface area contributed by atoms with Gasteiger partial charge in [-0.3, -0.25) is 0 Å². The Hall–Kier alpha value is -1.76. The SMILES string of the molecule is CC1(C)C(CCOC(=O)C(F)(F)C(F)(F)F)CC1CCOC(=O)C(F)(F)C(F)(F)F. The molecule has 0 aromatic heterocycles. The average molecular weight is 464 g/mol. The number of alkyl halides is 10. The van der Waals surface area contributed by atoms with Gasteiger partial charge in [0.1, 0.15) is 0 Å². The molecule has 30 heavy (non-hydrogen) atoms. The van der Waals surface area contributed by atoms with Crippen molar-refractivity contribution < 1.29 is 63.0 Å². The van der Waals surface area contributed by atoms with Gasteiger partial charge in [0.25, 0.3) is 0 Å². The molecule has 0 amide bonds. The molecule has 0 heterocycles. The van der Waals surface area contributed by atoms with Gasteiger partial charge in [0, 0.05) is 0 Å². The van der Waals surface area contributed by atoms with E-state index in [1.54, 1.807) is 13.8 Å². The van der Waals surface area contributed by atoms with Crippen molar-refractivity contribution in [1.82, 2.24) is 0 Å². The van der Waals surface area contributed by atoms with Gasteiger partial charge in [-0.15, -0.1) is 0 Å². The molecule has 1 aliphatic rings. The Morgan fingerprint density at radius 2 is 1.03 bits per heavy atom. The van der Waals surface area contributed by atoms with Crippen LogP contribution in [0.1, 0.15) is 33.1 Å². The predicted octanol–water partition coefficient (Wildman–Crippen LogP) is 4.91. The van der Waals surface area contributed by atoms with Crippen molar-refractivity contribution in [2.45, 2.75) is 57.3 Å². The summed E-state index contributed by atoms with van der Waals surface area (Å²) >= 11 is 0. The maximum atomic E-state index is 12.8. The molecule has 0 aromatic carbocycles. The van der Waals surface area contributed by atoms with Crippen LogP contribution >= 0.6 is 0 Å². The molecule has 0 aliphatic heterocycles. The van der Waals surface area contributed by atoms with Gasteiger partial charge in [-0.1, -0.05) is 13.8 Å². The highest BCUT2D eigenvalue weighted by Crippen LogP contribution is 2.54. The van der Waals surface area contributed by atoms with E-state index in [0.717, 1.165) is 0 Å². The van der Waals surface area contributed by atoms with Crippen LogP contribution in [0.4, 0.5) is 43.9 Å². The minimum absolute atomic E-state index is 0.0743. The Bertz CT molecular complexity index is 587. The highest BCUT2D eigenvalue weighted by atomic mass is 19.4. The summed E-state index contributed by atoms with van der Waals surface area (Å²) in [7, 11) is 0. The van der Waals surface area contributed by atoms with E-state index in [1.165, 1.54) is 0 Å². The molecular formula is C16H18F10O4. The summed E-state index contributed by atoms with van der Waals surface area (Å²) < 4.78 is 131. The number of hydrogen-bond donors (Lipinski definition) is 0. The second-order valence-corrected chi connectivity index (χ2v) is 7.44. The quantitative estimate of drug-likeness (QED) is 0.379. The Labute approximate surface area is 163 Å². The number of rotatable bonds is 8. The van der Waals surface area contributed by atoms with Crippen molar-refractivity contribution >= 4 is 11.9 Å². The molecule has 1 fully saturated rings. The van der Waals surface area contributed by atoms with Gasteiger partial charge in [0.15, 0.2) is 0 Å². The van der Waals surface area contributed by atoms with Gasteiger partial charge >= 0.3 is 36.1 Å². The van der Waals surface area contributed by atoms with Crippen molar-refractivity contribution in [3.63, 3.8) is 0 Å². The molecule has 1 rings (SSSR count). The Morgan fingerprint density at radius 3 is 1.27 bits per heavy atom. The fourth-order valence-corrected chi connectivity index (χ4v) is 3.10. The lowest BCUT2D eigenvalue weighted by molar-refractivity contribution is -0.280. The minimum Gasteiger partial charge on any atom is -0.461 e. The highest BCUT2D eigenvalue weighted by Gasteiger charge is 2.65. The third kappa shape index (κ3) is 5.29. The summed E-state index contributed by atoms with van der Waals surface area (Å²) in [4.78, 5) is 21.8. The van der Waals surface area contributed by atoms with E-state index >= 15 is 0 Å². The first-order chi connectivity index (χ1) is 13.3. The van der Waals surface area contributed by atoms with E-state index in [0.29, 0.717) is 0 Å². The number of ether oxygens (including phenoxy) is 2. The van der Waals surface area contributed by atoms with Crippen LogP contribution in [0.25, 0.3) is 0 Å². The van der Waals surface area contributed by atoms with Crippen LogP contribution < -0.4 is 0 Å². The first kappa shape index (κ1) is 26.3. The lowest BCUT2D eigenvalue weighted by Gasteiger charge is -2.52. The molecule has 0 saturated heterocycles. The standard InChI is InChI=1S/C16H18F10O4/c1-12(2)8(3-5-29-10(27)13(17,18)15(21,22)23)7-9(12)4-6-30-11(28)14(19,20)16(24,25)26/h8-9H,3-7H2,1-2H3. The van der Waals surface area contributed by atoms with Crippen molar-refractivity contribution in [1.29, 1.82) is 0 Å². The summed E-state index contributed by atoms with van der Waals surface area (Å²) in [5.74, 6) is -17.4. The molecule has 1 aliphatic carbocycles. The van der Waals surface area contributed by atoms with Crippen LogP contribution in [-0.4, -0.2) is 49.4 Å². The van der Waals surface area contributed by atoms with Gasteiger partial charge in [-0.25, -0.2) is 9.59 Å². The highest BCUT2D eigenvalue weighted by molar-refractivity contribution is 5.79. The second kappa shape index (κ2) is 8.40. The van der Waals surface area contributed by atoms with Gasteiger partial charge in [0.05, 0.1) is 13.2 Å². The molecule has 2 unspecified atom stereocenters. The third-order valence-electron chi connectivity index (χ3n) is 5.30. The smallest absolute Gasteiger partial charge is 0.461 e. The molecular weight excluding hydrogens is 446 g/mol. The minimum atomic E-state index is -6.09. The van der Waals surface area contributed by atoms with Crippen molar-refractivity contribution in [3.05, 3.63) is 0 Å². The van der Waals surface area contributed by atoms with Gasteiger partial charge in [0.2, 0.25) is 0 Å². The molecule has 0 spiro atoms. The van der Waals surface area contributed by atoms with E-state index in [-0.39, 0.29) is 31.1 Å². The predicted molar refractivity (Wildman–Crippen MR) is 78.5 cm³/mol. The zero-order valence-electron chi connectivity index (χ0n) is 15.6. The monoisotopic (exact) mass is 464 g/mol. The van der Waals surface area contributed by atoms with E-state index in [1.807, 2.05) is 0 Å². The lowest BCUT2D eigenvalue weighted by atomic mass is 9.53. The zero-order chi connectivity index (χ0) is 23.8. The molecule has 0 bridgehead atoms. The Morgan fingerprint density at radius 1 is 0.733 bits per heavy atom. The molecule has 0 radical (unpaired) electrons. The fourth-order valence-electron chi connectivity index (χ4n) is 3.10. The Balaban J connectivity index is 2.44. The number of carbonyl (C=O) groups excluding carboxylic acids is 2. The number of esters is 2. The lowest BCUT2D eigenvalue weighted by Crippen LogP contribution is -2.48. The van der Waals surface area contributed by atoms with Crippen LogP contribution in [0.15, 0.2) is 0 Å². The molecule has 1 saturated carbocycles. The maximum absolute atomic E-state index is 12.8. The van der Waals surface area contributed by atoms with Crippen molar-refractivity contribution in [3.8, 4) is 0 Å². The van der Waals surface area contributed by atoms with Gasteiger partial charge < -0.3 is 9.47 Å². The number of halogens is 10. The largest absolute Gasteiger partial charge is 0.465 e. The summed E-state index contributed by atoms with van der Waals surface area (Å²) in [6.45, 7) is 1.81. The number of hydrogen-bond acceptors (Lipinski definition) is 4. The molecule has 0 N–H and O–H groups in total. The molecule has 14 heteroatoms. The molecule has 176 valence electrons. The normalized spacial score (nSPS) is 22.3. The first-order valence-electron chi connectivity index (χ1n) is 8.49. The van der Waals surface area contributed by atoms with Gasteiger partial charge in [-0.2, -0.15) is 43.9 Å². The van der Waals surface area contributed by atoms with E-state index in [2.05, 4.69) is 9.47 Å². The summed E-state index contributed by atoms with van der Waals surface area (Å²) in [5.41, 5.74) is -0.641. The third-order valence-corrected chi connectivity index (χ3v) is 5.30. The molecule has 2 atom stereocenters. The van der Waals surface area contributed by atoms with Crippen LogP contribution in [0.3, 0.4) is 0 Å². The Kier molecular flexibility index (Phi) is 7.36. The average Bonchev–Trinajstić information content (AvgIpc) is 2.56. The van der Waals surface area contributed by atoms with Crippen molar-refractivity contribution in [2.24, 2.45) is 17.3 Å². The van der Waals surface area contributed by atoms with E-state index < -0.39 is 54.8 Å². The topological polar surface area (TPSA) is 52.6 Å². The summed E-state index contributed by atoms with van der Waals surface area (Å²) in [6.07, 6.45) is -12.0. The van der Waals surface area contributed by atoms with E-state index in [4.69, 9.17) is 0 Å². The van der Waals surface area contributed by atoms with E-state index in [9.17, 15) is 53.5 Å². The summed E-state index contributed by atoms with van der Waals surface area (Å²) in [6, 6.07) is 0. The van der Waals surface area contributed by atoms with Gasteiger partial charge in [-0.05, 0) is 36.5 Å². The van der Waals surface area contributed by atoms with Crippen LogP contribution in [0.2, 0.25) is 0 Å². The zero-order valence-corrected chi connectivity index (χ0v) is 15.6. The molecule has 0 aromatic rings.